The van der Waals surface area contributed by atoms with Crippen molar-refractivity contribution < 1.29 is 13.2 Å². The van der Waals surface area contributed by atoms with Crippen LogP contribution in [-0.2, 0) is 16.6 Å². The van der Waals surface area contributed by atoms with Crippen LogP contribution < -0.4 is 9.46 Å². The van der Waals surface area contributed by atoms with E-state index in [4.69, 9.17) is 4.74 Å². The minimum atomic E-state index is -3.54. The highest BCUT2D eigenvalue weighted by atomic mass is 32.2. The third-order valence-corrected chi connectivity index (χ3v) is 4.41. The van der Waals surface area contributed by atoms with Crippen molar-refractivity contribution in [1.82, 2.24) is 14.9 Å². The fraction of sp³-hybridized carbons (Fsp3) is 0.357. The maximum Gasteiger partial charge on any atom is 0.240 e. The second kappa shape index (κ2) is 6.73. The van der Waals surface area contributed by atoms with E-state index in [2.05, 4.69) is 14.9 Å². The van der Waals surface area contributed by atoms with E-state index in [-0.39, 0.29) is 11.4 Å². The number of sulfonamides is 1. The van der Waals surface area contributed by atoms with Gasteiger partial charge in [0.25, 0.3) is 0 Å². The van der Waals surface area contributed by atoms with E-state index >= 15 is 0 Å². The van der Waals surface area contributed by atoms with Crippen molar-refractivity contribution in [3.05, 3.63) is 41.7 Å². The number of aromatic amines is 1. The van der Waals surface area contributed by atoms with Crippen molar-refractivity contribution in [3.63, 3.8) is 0 Å². The molecular formula is C14H19N3O3S. The lowest BCUT2D eigenvalue weighted by molar-refractivity contribution is 0.317. The lowest BCUT2D eigenvalue weighted by Crippen LogP contribution is -2.23. The average molecular weight is 309 g/mol. The Morgan fingerprint density at radius 3 is 2.57 bits per heavy atom. The second-order valence-electron chi connectivity index (χ2n) is 4.66. The minimum Gasteiger partial charge on any atom is -0.494 e. The van der Waals surface area contributed by atoms with Crippen molar-refractivity contribution in [2.75, 3.05) is 6.61 Å². The van der Waals surface area contributed by atoms with Gasteiger partial charge in [-0.15, -0.1) is 0 Å². The Bertz CT molecular complexity index is 678. The SMILES string of the molecule is CCCOc1ccc(S(=O)(=O)NCc2cn[nH]c2C)cc1. The highest BCUT2D eigenvalue weighted by molar-refractivity contribution is 7.89. The molecule has 2 aromatic rings. The first-order valence-electron chi connectivity index (χ1n) is 6.74. The molecule has 0 bridgehead atoms. The van der Waals surface area contributed by atoms with Crippen LogP contribution in [0.15, 0.2) is 35.4 Å². The molecule has 0 aliphatic carbocycles. The first-order valence-corrected chi connectivity index (χ1v) is 8.22. The average Bonchev–Trinajstić information content (AvgIpc) is 2.89. The number of aromatic nitrogens is 2. The number of rotatable bonds is 7. The van der Waals surface area contributed by atoms with Gasteiger partial charge in [0.05, 0.1) is 17.7 Å². The number of benzene rings is 1. The van der Waals surface area contributed by atoms with Crippen LogP contribution in [0.1, 0.15) is 24.6 Å². The van der Waals surface area contributed by atoms with Gasteiger partial charge in [0.2, 0.25) is 10.0 Å². The van der Waals surface area contributed by atoms with Crippen molar-refractivity contribution in [3.8, 4) is 5.75 Å². The molecule has 0 saturated heterocycles. The molecule has 0 aliphatic heterocycles. The molecule has 2 rings (SSSR count). The summed E-state index contributed by atoms with van der Waals surface area (Å²) >= 11 is 0. The summed E-state index contributed by atoms with van der Waals surface area (Å²) in [7, 11) is -3.54. The predicted molar refractivity (Wildman–Crippen MR) is 79.6 cm³/mol. The number of H-pyrrole nitrogens is 1. The molecule has 0 saturated carbocycles. The first-order chi connectivity index (χ1) is 10.0. The topological polar surface area (TPSA) is 84.1 Å². The van der Waals surface area contributed by atoms with Crippen molar-refractivity contribution in [2.45, 2.75) is 31.7 Å². The van der Waals surface area contributed by atoms with Crippen LogP contribution in [0.2, 0.25) is 0 Å². The fourth-order valence-corrected chi connectivity index (χ4v) is 2.75. The van der Waals surface area contributed by atoms with Crippen LogP contribution >= 0.6 is 0 Å². The number of nitrogens with zero attached hydrogens (tertiary/aromatic N) is 1. The van der Waals surface area contributed by atoms with Gasteiger partial charge in [0.15, 0.2) is 0 Å². The monoisotopic (exact) mass is 309 g/mol. The first kappa shape index (κ1) is 15.5. The number of hydrogen-bond acceptors (Lipinski definition) is 4. The van der Waals surface area contributed by atoms with Crippen molar-refractivity contribution in [2.24, 2.45) is 0 Å². The normalized spacial score (nSPS) is 11.5. The molecule has 2 N–H and O–H groups in total. The summed E-state index contributed by atoms with van der Waals surface area (Å²) in [5, 5.41) is 6.63. The zero-order chi connectivity index (χ0) is 15.3. The molecule has 0 unspecified atom stereocenters. The lowest BCUT2D eigenvalue weighted by Gasteiger charge is -2.08. The number of aryl methyl sites for hydroxylation is 1. The molecule has 114 valence electrons. The fourth-order valence-electron chi connectivity index (χ4n) is 1.74. The van der Waals surface area contributed by atoms with Gasteiger partial charge >= 0.3 is 0 Å². The van der Waals surface area contributed by atoms with Gasteiger partial charge in [-0.3, -0.25) is 5.10 Å². The number of hydrogen-bond donors (Lipinski definition) is 2. The van der Waals surface area contributed by atoms with Gasteiger partial charge in [-0.1, -0.05) is 6.92 Å². The second-order valence-corrected chi connectivity index (χ2v) is 6.43. The molecule has 1 aromatic heterocycles. The molecule has 0 fully saturated rings. The quantitative estimate of drug-likeness (QED) is 0.819. The van der Waals surface area contributed by atoms with E-state index in [1.54, 1.807) is 18.3 Å². The number of nitrogens with one attached hydrogen (secondary N) is 2. The minimum absolute atomic E-state index is 0.207. The van der Waals surface area contributed by atoms with Gasteiger partial charge < -0.3 is 4.74 Å². The van der Waals surface area contributed by atoms with E-state index in [0.717, 1.165) is 17.7 Å². The zero-order valence-electron chi connectivity index (χ0n) is 12.1. The summed E-state index contributed by atoms with van der Waals surface area (Å²) in [5.41, 5.74) is 1.67. The van der Waals surface area contributed by atoms with Gasteiger partial charge in [-0.2, -0.15) is 5.10 Å². The molecule has 0 spiro atoms. The van der Waals surface area contributed by atoms with Gasteiger partial charge in [-0.05, 0) is 37.6 Å². The summed E-state index contributed by atoms with van der Waals surface area (Å²) in [4.78, 5) is 0.215. The highest BCUT2D eigenvalue weighted by Gasteiger charge is 2.14. The van der Waals surface area contributed by atoms with Gasteiger partial charge in [-0.25, -0.2) is 13.1 Å². The van der Waals surface area contributed by atoms with Crippen molar-refractivity contribution >= 4 is 10.0 Å². The molecule has 6 nitrogen and oxygen atoms in total. The van der Waals surface area contributed by atoms with Crippen LogP contribution in [-0.4, -0.2) is 25.2 Å². The summed E-state index contributed by atoms with van der Waals surface area (Å²) < 4.78 is 32.3. The zero-order valence-corrected chi connectivity index (χ0v) is 12.9. The molecule has 21 heavy (non-hydrogen) atoms. The summed E-state index contributed by atoms with van der Waals surface area (Å²) in [5.74, 6) is 0.668. The highest BCUT2D eigenvalue weighted by Crippen LogP contribution is 2.16. The van der Waals surface area contributed by atoms with Crippen LogP contribution in [0.25, 0.3) is 0 Å². The number of ether oxygens (including phenoxy) is 1. The Morgan fingerprint density at radius 2 is 2.00 bits per heavy atom. The third-order valence-electron chi connectivity index (χ3n) is 2.99. The third kappa shape index (κ3) is 4.05. The smallest absolute Gasteiger partial charge is 0.240 e. The van der Waals surface area contributed by atoms with Gasteiger partial charge in [0.1, 0.15) is 5.75 Å². The van der Waals surface area contributed by atoms with E-state index in [9.17, 15) is 8.42 Å². The predicted octanol–water partition coefficient (Wildman–Crippen LogP) is 1.99. The lowest BCUT2D eigenvalue weighted by atomic mass is 10.3. The summed E-state index contributed by atoms with van der Waals surface area (Å²) in [6.45, 7) is 4.68. The molecular weight excluding hydrogens is 290 g/mol. The molecule has 1 aromatic carbocycles. The largest absolute Gasteiger partial charge is 0.494 e. The maximum atomic E-state index is 12.2. The Balaban J connectivity index is 2.03. The van der Waals surface area contributed by atoms with Crippen LogP contribution in [0, 0.1) is 6.92 Å². The van der Waals surface area contributed by atoms with Crippen LogP contribution in [0.3, 0.4) is 0 Å². The Kier molecular flexibility index (Phi) is 4.98. The van der Waals surface area contributed by atoms with E-state index in [0.29, 0.717) is 12.4 Å². The van der Waals surface area contributed by atoms with Crippen LogP contribution in [0.4, 0.5) is 0 Å². The maximum absolute atomic E-state index is 12.2. The van der Waals surface area contributed by atoms with Crippen LogP contribution in [0.5, 0.6) is 5.75 Å². The van der Waals surface area contributed by atoms with Crippen molar-refractivity contribution in [1.29, 1.82) is 0 Å². The molecule has 0 atom stereocenters. The van der Waals surface area contributed by atoms with E-state index in [1.165, 1.54) is 12.1 Å². The Morgan fingerprint density at radius 1 is 1.29 bits per heavy atom. The summed E-state index contributed by atoms with van der Waals surface area (Å²) in [6.07, 6.45) is 2.52. The molecule has 0 radical (unpaired) electrons. The Hall–Kier alpha value is -1.86. The molecule has 0 amide bonds. The van der Waals surface area contributed by atoms with Gasteiger partial charge in [0, 0.05) is 17.8 Å². The molecule has 7 heteroatoms. The van der Waals surface area contributed by atoms with E-state index in [1.807, 2.05) is 13.8 Å². The summed E-state index contributed by atoms with van der Waals surface area (Å²) in [6, 6.07) is 6.39. The Labute approximate surface area is 124 Å². The standard InChI is InChI=1S/C14H19N3O3S/c1-3-8-20-13-4-6-14(7-5-13)21(18,19)16-10-12-9-15-17-11(12)2/h4-7,9,16H,3,8,10H2,1-2H3,(H,15,17). The molecule has 0 aliphatic rings. The van der Waals surface area contributed by atoms with E-state index < -0.39 is 10.0 Å². The molecule has 1 heterocycles.